The van der Waals surface area contributed by atoms with Crippen LogP contribution in [0.3, 0.4) is 0 Å². The zero-order chi connectivity index (χ0) is 24.6. The molecular weight excluding hydrogens is 452 g/mol. The van der Waals surface area contributed by atoms with Crippen LogP contribution < -0.4 is 10.9 Å². The van der Waals surface area contributed by atoms with Crippen molar-refractivity contribution < 1.29 is 22.4 Å². The lowest BCUT2D eigenvalue weighted by molar-refractivity contribution is -0.136. The van der Waals surface area contributed by atoms with Crippen molar-refractivity contribution in [2.45, 2.75) is 33.0 Å². The Labute approximate surface area is 191 Å². The lowest BCUT2D eigenvalue weighted by Gasteiger charge is -2.15. The maximum Gasteiger partial charge on any atom is 0.417 e. The highest BCUT2D eigenvalue weighted by molar-refractivity contribution is 5.92. The number of pyridine rings is 1. The molecule has 2 aromatic heterocycles. The summed E-state index contributed by atoms with van der Waals surface area (Å²) in [5.41, 5.74) is -0.449. The molecule has 2 heterocycles. The maximum absolute atomic E-state index is 13.8. The minimum Gasteiger partial charge on any atom is -0.325 e. The summed E-state index contributed by atoms with van der Waals surface area (Å²) >= 11 is 0. The van der Waals surface area contributed by atoms with Gasteiger partial charge in [-0.2, -0.15) is 18.3 Å². The third kappa shape index (κ3) is 4.43. The number of amides is 1. The third-order valence-corrected chi connectivity index (χ3v) is 5.42. The summed E-state index contributed by atoms with van der Waals surface area (Å²) in [5, 5.41) is 6.53. The molecule has 0 atom stereocenters. The molecule has 6 nitrogen and oxygen atoms in total. The Morgan fingerprint density at radius 3 is 2.29 bits per heavy atom. The second-order valence-corrected chi connectivity index (χ2v) is 7.75. The summed E-state index contributed by atoms with van der Waals surface area (Å²) in [6, 6.07) is 12.5. The number of aryl methyl sites for hydroxylation is 2. The summed E-state index contributed by atoms with van der Waals surface area (Å²) in [6.45, 7) is 2.82. The molecule has 0 unspecified atom stereocenters. The van der Waals surface area contributed by atoms with Crippen molar-refractivity contribution in [3.05, 3.63) is 87.6 Å². The van der Waals surface area contributed by atoms with Crippen LogP contribution in [-0.4, -0.2) is 20.3 Å². The number of alkyl halides is 3. The first-order chi connectivity index (χ1) is 16.1. The molecule has 2 aromatic carbocycles. The molecular formula is C24H20F4N4O2. The van der Waals surface area contributed by atoms with Gasteiger partial charge < -0.3 is 5.32 Å². The van der Waals surface area contributed by atoms with Gasteiger partial charge in [-0.3, -0.25) is 14.2 Å². The van der Waals surface area contributed by atoms with E-state index in [1.165, 1.54) is 23.7 Å². The molecule has 0 fully saturated rings. The van der Waals surface area contributed by atoms with Gasteiger partial charge in [-0.15, -0.1) is 0 Å². The molecule has 0 aliphatic heterocycles. The summed E-state index contributed by atoms with van der Waals surface area (Å²) in [6.07, 6.45) is -4.02. The topological polar surface area (TPSA) is 68.9 Å². The van der Waals surface area contributed by atoms with Gasteiger partial charge in [-0.1, -0.05) is 19.1 Å². The lowest BCUT2D eigenvalue weighted by Crippen LogP contribution is -2.30. The van der Waals surface area contributed by atoms with Crippen LogP contribution in [0.1, 0.15) is 23.7 Å². The molecule has 10 heteroatoms. The van der Waals surface area contributed by atoms with Crippen molar-refractivity contribution in [1.29, 1.82) is 0 Å². The Hall–Kier alpha value is -3.95. The maximum atomic E-state index is 13.8. The van der Waals surface area contributed by atoms with E-state index in [4.69, 9.17) is 0 Å². The quantitative estimate of drug-likeness (QED) is 0.422. The van der Waals surface area contributed by atoms with Crippen molar-refractivity contribution in [1.82, 2.24) is 14.3 Å². The zero-order valence-electron chi connectivity index (χ0n) is 18.3. The SMILES string of the molecule is CCc1ccc(-n2nc(C)c3c(C(F)(F)F)cc(=O)n(CC(=O)Nc4ccc(F)cc4)c32)cc1. The second kappa shape index (κ2) is 8.77. The number of nitrogens with one attached hydrogen (secondary N) is 1. The van der Waals surface area contributed by atoms with Crippen LogP contribution in [0.4, 0.5) is 23.2 Å². The molecule has 0 spiro atoms. The van der Waals surface area contributed by atoms with E-state index in [1.807, 2.05) is 19.1 Å². The van der Waals surface area contributed by atoms with Crippen LogP contribution >= 0.6 is 0 Å². The Kier molecular flexibility index (Phi) is 5.99. The van der Waals surface area contributed by atoms with Gasteiger partial charge in [0.2, 0.25) is 5.91 Å². The van der Waals surface area contributed by atoms with Crippen LogP contribution in [0, 0.1) is 12.7 Å². The number of anilines is 1. The molecule has 0 bridgehead atoms. The van der Waals surface area contributed by atoms with Gasteiger partial charge in [0, 0.05) is 11.8 Å². The fourth-order valence-electron chi connectivity index (χ4n) is 3.76. The van der Waals surface area contributed by atoms with E-state index in [0.717, 1.165) is 28.7 Å². The highest BCUT2D eigenvalue weighted by atomic mass is 19.4. The smallest absolute Gasteiger partial charge is 0.325 e. The molecule has 4 rings (SSSR count). The van der Waals surface area contributed by atoms with Crippen LogP contribution in [0.15, 0.2) is 59.4 Å². The largest absolute Gasteiger partial charge is 0.417 e. The number of benzene rings is 2. The van der Waals surface area contributed by atoms with Crippen molar-refractivity contribution in [3.8, 4) is 5.69 Å². The Balaban J connectivity index is 1.88. The van der Waals surface area contributed by atoms with Gasteiger partial charge in [0.15, 0.2) is 0 Å². The fraction of sp³-hybridized carbons (Fsp3) is 0.208. The zero-order valence-corrected chi connectivity index (χ0v) is 18.3. The first-order valence-corrected chi connectivity index (χ1v) is 10.4. The second-order valence-electron chi connectivity index (χ2n) is 7.75. The highest BCUT2D eigenvalue weighted by Gasteiger charge is 2.36. The average molecular weight is 472 g/mol. The summed E-state index contributed by atoms with van der Waals surface area (Å²) in [5.74, 6) is -1.16. The Morgan fingerprint density at radius 2 is 1.71 bits per heavy atom. The molecule has 1 amide bonds. The van der Waals surface area contributed by atoms with E-state index >= 15 is 0 Å². The van der Waals surface area contributed by atoms with Crippen molar-refractivity contribution in [2.24, 2.45) is 0 Å². The Morgan fingerprint density at radius 1 is 1.06 bits per heavy atom. The molecule has 34 heavy (non-hydrogen) atoms. The molecule has 176 valence electrons. The molecule has 0 saturated heterocycles. The van der Waals surface area contributed by atoms with Crippen molar-refractivity contribution in [3.63, 3.8) is 0 Å². The van der Waals surface area contributed by atoms with E-state index in [2.05, 4.69) is 10.4 Å². The van der Waals surface area contributed by atoms with Crippen LogP contribution in [0.25, 0.3) is 16.7 Å². The van der Waals surface area contributed by atoms with Gasteiger partial charge in [0.25, 0.3) is 5.56 Å². The summed E-state index contributed by atoms with van der Waals surface area (Å²) in [4.78, 5) is 25.5. The normalized spacial score (nSPS) is 11.7. The number of carbonyl (C=O) groups is 1. The minimum atomic E-state index is -4.79. The minimum absolute atomic E-state index is 0.0644. The molecule has 0 radical (unpaired) electrons. The van der Waals surface area contributed by atoms with Gasteiger partial charge in [0.05, 0.1) is 22.3 Å². The molecule has 0 aliphatic carbocycles. The standard InChI is InChI=1S/C24H20F4N4O2/c1-3-15-4-10-18(11-5-15)32-23-22(14(2)30-32)19(24(26,27)28)12-21(34)31(23)13-20(33)29-17-8-6-16(25)7-9-17/h4-12H,3,13H2,1-2H3,(H,29,33). The molecule has 4 aromatic rings. The Bertz CT molecular complexity index is 1420. The molecule has 0 saturated carbocycles. The van der Waals surface area contributed by atoms with Crippen LogP contribution in [0.5, 0.6) is 0 Å². The number of rotatable bonds is 5. The molecule has 1 N–H and O–H groups in total. The van der Waals surface area contributed by atoms with Crippen LogP contribution in [0.2, 0.25) is 0 Å². The number of halogens is 4. The van der Waals surface area contributed by atoms with Gasteiger partial charge in [0.1, 0.15) is 18.0 Å². The van der Waals surface area contributed by atoms with Gasteiger partial charge >= 0.3 is 6.18 Å². The predicted octanol–water partition coefficient (Wildman–Crippen LogP) is 4.85. The predicted molar refractivity (Wildman–Crippen MR) is 119 cm³/mol. The van der Waals surface area contributed by atoms with Gasteiger partial charge in [-0.25, -0.2) is 9.07 Å². The van der Waals surface area contributed by atoms with E-state index in [9.17, 15) is 27.2 Å². The number of hydrogen-bond acceptors (Lipinski definition) is 3. The van der Waals surface area contributed by atoms with Crippen molar-refractivity contribution in [2.75, 3.05) is 5.32 Å². The van der Waals surface area contributed by atoms with E-state index in [1.54, 1.807) is 12.1 Å². The number of fused-ring (bicyclic) bond motifs is 1. The average Bonchev–Trinajstić information content (AvgIpc) is 3.13. The summed E-state index contributed by atoms with van der Waals surface area (Å²) < 4.78 is 56.7. The monoisotopic (exact) mass is 472 g/mol. The van der Waals surface area contributed by atoms with Crippen LogP contribution in [-0.2, 0) is 23.9 Å². The molecule has 0 aliphatic rings. The number of nitrogens with zero attached hydrogens (tertiary/aromatic N) is 3. The summed E-state index contributed by atoms with van der Waals surface area (Å²) in [7, 11) is 0. The number of hydrogen-bond donors (Lipinski definition) is 1. The highest BCUT2D eigenvalue weighted by Crippen LogP contribution is 2.36. The van der Waals surface area contributed by atoms with E-state index < -0.39 is 35.6 Å². The third-order valence-electron chi connectivity index (χ3n) is 5.42. The fourth-order valence-corrected chi connectivity index (χ4v) is 3.76. The van der Waals surface area contributed by atoms with Gasteiger partial charge in [-0.05, 0) is 55.3 Å². The number of carbonyl (C=O) groups excluding carboxylic acids is 1. The number of aromatic nitrogens is 3. The van der Waals surface area contributed by atoms with Crippen molar-refractivity contribution >= 4 is 22.6 Å². The van der Waals surface area contributed by atoms with E-state index in [0.29, 0.717) is 11.8 Å². The van der Waals surface area contributed by atoms with E-state index in [-0.39, 0.29) is 22.4 Å². The lowest BCUT2D eigenvalue weighted by atomic mass is 10.1. The first-order valence-electron chi connectivity index (χ1n) is 10.4. The first kappa shape index (κ1) is 23.2.